The molecular formula is C31H26O2. The average molecular weight is 431 g/mol. The molecule has 0 aliphatic heterocycles. The molecule has 0 saturated heterocycles. The van der Waals surface area contributed by atoms with Crippen LogP contribution in [0, 0.1) is 0 Å². The van der Waals surface area contributed by atoms with Crippen molar-refractivity contribution in [3.63, 3.8) is 0 Å². The fourth-order valence-electron chi connectivity index (χ4n) is 4.54. The van der Waals surface area contributed by atoms with Crippen molar-refractivity contribution in [1.82, 2.24) is 0 Å². The van der Waals surface area contributed by atoms with Crippen molar-refractivity contribution in [2.45, 2.75) is 6.42 Å². The maximum atomic E-state index is 5.71. The van der Waals surface area contributed by atoms with Crippen LogP contribution in [0.3, 0.4) is 0 Å². The highest BCUT2D eigenvalue weighted by atomic mass is 16.5. The van der Waals surface area contributed by atoms with Gasteiger partial charge >= 0.3 is 0 Å². The van der Waals surface area contributed by atoms with E-state index < -0.39 is 0 Å². The van der Waals surface area contributed by atoms with Crippen LogP contribution >= 0.6 is 0 Å². The van der Waals surface area contributed by atoms with Gasteiger partial charge in [-0.3, -0.25) is 0 Å². The minimum absolute atomic E-state index is 0.501. The lowest BCUT2D eigenvalue weighted by atomic mass is 9.88. The summed E-state index contributed by atoms with van der Waals surface area (Å²) in [5.41, 5.74) is 10.3. The molecule has 0 heterocycles. The molecular weight excluding hydrogens is 404 g/mol. The molecule has 162 valence electrons. The minimum Gasteiger partial charge on any atom is -0.490 e. The third-order valence-corrected chi connectivity index (χ3v) is 6.03. The second-order valence-corrected chi connectivity index (χ2v) is 8.10. The summed E-state index contributed by atoms with van der Waals surface area (Å²) in [4.78, 5) is 0. The standard InChI is InChI=1S/C31H26O2/c1-3-19-32-25-13-9-22(10-14-25)28-17-18-29-27-8-6-5-7-24(27)21-30(29)31(28)23-11-15-26(16-12-23)33-20-4-2/h3-18H,1-2,19-21H2. The van der Waals surface area contributed by atoms with E-state index in [2.05, 4.69) is 73.8 Å². The Morgan fingerprint density at radius 2 is 1.18 bits per heavy atom. The largest absolute Gasteiger partial charge is 0.490 e. The molecule has 1 aliphatic carbocycles. The molecule has 4 aromatic carbocycles. The first kappa shape index (κ1) is 20.8. The molecule has 0 radical (unpaired) electrons. The number of fused-ring (bicyclic) bond motifs is 3. The predicted octanol–water partition coefficient (Wildman–Crippen LogP) is 7.72. The van der Waals surface area contributed by atoms with Crippen LogP contribution in [-0.2, 0) is 6.42 Å². The SMILES string of the molecule is C=CCOc1ccc(-c2ccc3c(c2-c2ccc(OCC=C)cc2)Cc2ccccc2-3)cc1. The maximum absolute atomic E-state index is 5.71. The topological polar surface area (TPSA) is 18.5 Å². The highest BCUT2D eigenvalue weighted by molar-refractivity contribution is 5.93. The zero-order chi connectivity index (χ0) is 22.6. The summed E-state index contributed by atoms with van der Waals surface area (Å²) in [6.07, 6.45) is 4.45. The summed E-state index contributed by atoms with van der Waals surface area (Å²) in [5.74, 6) is 1.69. The molecule has 33 heavy (non-hydrogen) atoms. The molecule has 0 bridgehead atoms. The van der Waals surface area contributed by atoms with Crippen LogP contribution in [0.25, 0.3) is 33.4 Å². The van der Waals surface area contributed by atoms with Crippen molar-refractivity contribution in [1.29, 1.82) is 0 Å². The van der Waals surface area contributed by atoms with E-state index in [1.807, 2.05) is 24.3 Å². The summed E-state index contributed by atoms with van der Waals surface area (Å²) in [6, 6.07) is 29.9. The first-order valence-corrected chi connectivity index (χ1v) is 11.2. The van der Waals surface area contributed by atoms with E-state index in [0.29, 0.717) is 13.2 Å². The first-order chi connectivity index (χ1) is 16.3. The van der Waals surface area contributed by atoms with Gasteiger partial charge in [0, 0.05) is 0 Å². The summed E-state index contributed by atoms with van der Waals surface area (Å²) in [6.45, 7) is 8.45. The number of benzene rings is 4. The summed E-state index contributed by atoms with van der Waals surface area (Å²) in [7, 11) is 0. The van der Waals surface area contributed by atoms with Gasteiger partial charge in [-0.1, -0.05) is 86.0 Å². The average Bonchev–Trinajstić information content (AvgIpc) is 3.25. The van der Waals surface area contributed by atoms with E-state index in [4.69, 9.17) is 9.47 Å². The van der Waals surface area contributed by atoms with Gasteiger partial charge in [-0.2, -0.15) is 0 Å². The molecule has 2 nitrogen and oxygen atoms in total. The van der Waals surface area contributed by atoms with Crippen molar-refractivity contribution in [2.75, 3.05) is 13.2 Å². The van der Waals surface area contributed by atoms with E-state index in [-0.39, 0.29) is 0 Å². The Morgan fingerprint density at radius 3 is 1.82 bits per heavy atom. The summed E-state index contributed by atoms with van der Waals surface area (Å²) >= 11 is 0. The van der Waals surface area contributed by atoms with Gasteiger partial charge in [-0.25, -0.2) is 0 Å². The zero-order valence-corrected chi connectivity index (χ0v) is 18.6. The molecule has 0 N–H and O–H groups in total. The van der Waals surface area contributed by atoms with Crippen molar-refractivity contribution in [2.24, 2.45) is 0 Å². The fraction of sp³-hybridized carbons (Fsp3) is 0.0968. The van der Waals surface area contributed by atoms with Crippen molar-refractivity contribution >= 4 is 0 Å². The lowest BCUT2D eigenvalue weighted by molar-refractivity contribution is 0.363. The van der Waals surface area contributed by atoms with E-state index in [1.54, 1.807) is 12.2 Å². The van der Waals surface area contributed by atoms with E-state index in [0.717, 1.165) is 17.9 Å². The molecule has 4 aromatic rings. The minimum atomic E-state index is 0.501. The van der Waals surface area contributed by atoms with Gasteiger partial charge in [0.05, 0.1) is 0 Å². The second kappa shape index (κ2) is 9.22. The highest BCUT2D eigenvalue weighted by Gasteiger charge is 2.24. The normalized spacial score (nSPS) is 11.4. The molecule has 2 heteroatoms. The third kappa shape index (κ3) is 4.08. The zero-order valence-electron chi connectivity index (χ0n) is 18.6. The van der Waals surface area contributed by atoms with Crippen LogP contribution in [0.2, 0.25) is 0 Å². The van der Waals surface area contributed by atoms with Gasteiger partial charge in [0.2, 0.25) is 0 Å². The second-order valence-electron chi connectivity index (χ2n) is 8.10. The highest BCUT2D eigenvalue weighted by Crippen LogP contribution is 2.46. The van der Waals surface area contributed by atoms with Gasteiger partial charge in [0.15, 0.2) is 0 Å². The fourth-order valence-corrected chi connectivity index (χ4v) is 4.54. The van der Waals surface area contributed by atoms with Gasteiger partial charge in [-0.05, 0) is 75.2 Å². The predicted molar refractivity (Wildman–Crippen MR) is 137 cm³/mol. The molecule has 0 fully saturated rings. The number of ether oxygens (including phenoxy) is 2. The molecule has 1 aliphatic rings. The first-order valence-electron chi connectivity index (χ1n) is 11.2. The van der Waals surface area contributed by atoms with Gasteiger partial charge in [0.25, 0.3) is 0 Å². The van der Waals surface area contributed by atoms with Crippen molar-refractivity contribution in [3.8, 4) is 44.9 Å². The Bertz CT molecular complexity index is 1300. The molecule has 0 amide bonds. The van der Waals surface area contributed by atoms with Gasteiger partial charge in [0.1, 0.15) is 24.7 Å². The smallest absolute Gasteiger partial charge is 0.119 e. The van der Waals surface area contributed by atoms with Crippen LogP contribution in [0.1, 0.15) is 11.1 Å². The molecule has 0 spiro atoms. The molecule has 5 rings (SSSR count). The quantitative estimate of drug-likeness (QED) is 0.235. The van der Waals surface area contributed by atoms with Crippen molar-refractivity contribution in [3.05, 3.63) is 121 Å². The Labute approximate surface area is 195 Å². The van der Waals surface area contributed by atoms with Crippen LogP contribution in [0.15, 0.2) is 110 Å². The lowest BCUT2D eigenvalue weighted by Gasteiger charge is -2.17. The lowest BCUT2D eigenvalue weighted by Crippen LogP contribution is -1.95. The Kier molecular flexibility index (Phi) is 5.82. The third-order valence-electron chi connectivity index (χ3n) is 6.03. The number of hydrogen-bond acceptors (Lipinski definition) is 2. The number of rotatable bonds is 8. The molecule has 0 aromatic heterocycles. The summed E-state index contributed by atoms with van der Waals surface area (Å²) < 4.78 is 11.4. The molecule has 0 unspecified atom stereocenters. The summed E-state index contributed by atoms with van der Waals surface area (Å²) in [5, 5.41) is 0. The van der Waals surface area contributed by atoms with Crippen LogP contribution in [0.4, 0.5) is 0 Å². The molecule has 0 atom stereocenters. The Balaban J connectivity index is 1.62. The Morgan fingerprint density at radius 1 is 0.606 bits per heavy atom. The van der Waals surface area contributed by atoms with Crippen LogP contribution in [-0.4, -0.2) is 13.2 Å². The monoisotopic (exact) mass is 430 g/mol. The van der Waals surface area contributed by atoms with E-state index in [1.165, 1.54) is 44.5 Å². The van der Waals surface area contributed by atoms with Crippen molar-refractivity contribution < 1.29 is 9.47 Å². The number of hydrogen-bond donors (Lipinski definition) is 0. The van der Waals surface area contributed by atoms with E-state index in [9.17, 15) is 0 Å². The van der Waals surface area contributed by atoms with Gasteiger partial charge < -0.3 is 9.47 Å². The maximum Gasteiger partial charge on any atom is 0.119 e. The molecule has 0 saturated carbocycles. The van der Waals surface area contributed by atoms with Crippen LogP contribution in [0.5, 0.6) is 11.5 Å². The van der Waals surface area contributed by atoms with E-state index >= 15 is 0 Å². The van der Waals surface area contributed by atoms with Crippen LogP contribution < -0.4 is 9.47 Å². The Hall–Kier alpha value is -4.04. The van der Waals surface area contributed by atoms with Gasteiger partial charge in [-0.15, -0.1) is 0 Å².